The van der Waals surface area contributed by atoms with Crippen molar-refractivity contribution in [3.63, 3.8) is 0 Å². The number of benzene rings is 1. The van der Waals surface area contributed by atoms with Crippen molar-refractivity contribution < 1.29 is 13.9 Å². The van der Waals surface area contributed by atoms with Gasteiger partial charge in [-0.1, -0.05) is 17.7 Å². The SMILES string of the molecule is CCOc1ccc(C(C)(F)N=C=O)cc1Cl. The third-order valence-electron chi connectivity index (χ3n) is 2.01. The van der Waals surface area contributed by atoms with Crippen LogP contribution in [0.25, 0.3) is 0 Å². The predicted octanol–water partition coefficient (Wildman–Crippen LogP) is 3.22. The number of carbonyl (C=O) groups excluding carboxylic acids is 1. The van der Waals surface area contributed by atoms with Crippen LogP contribution in [0.1, 0.15) is 19.4 Å². The van der Waals surface area contributed by atoms with Crippen LogP contribution in [-0.2, 0) is 10.6 Å². The molecule has 86 valence electrons. The fourth-order valence-electron chi connectivity index (χ4n) is 1.21. The van der Waals surface area contributed by atoms with E-state index in [0.29, 0.717) is 12.4 Å². The fraction of sp³-hybridized carbons (Fsp3) is 0.364. The number of rotatable bonds is 4. The summed E-state index contributed by atoms with van der Waals surface area (Å²) >= 11 is 5.88. The highest BCUT2D eigenvalue weighted by Crippen LogP contribution is 2.33. The van der Waals surface area contributed by atoms with Crippen LogP contribution in [0.2, 0.25) is 5.02 Å². The number of nitrogens with zero attached hydrogens (tertiary/aromatic N) is 1. The molecule has 0 spiro atoms. The second-order valence-electron chi connectivity index (χ2n) is 3.23. The van der Waals surface area contributed by atoms with E-state index >= 15 is 0 Å². The van der Waals surface area contributed by atoms with E-state index in [4.69, 9.17) is 16.3 Å². The number of halogens is 2. The van der Waals surface area contributed by atoms with Gasteiger partial charge in [-0.05, 0) is 26.0 Å². The van der Waals surface area contributed by atoms with E-state index in [9.17, 15) is 9.18 Å². The van der Waals surface area contributed by atoms with Gasteiger partial charge in [0, 0.05) is 5.56 Å². The Morgan fingerprint density at radius 2 is 2.31 bits per heavy atom. The summed E-state index contributed by atoms with van der Waals surface area (Å²) in [5.41, 5.74) is 0.185. The van der Waals surface area contributed by atoms with E-state index < -0.39 is 5.79 Å². The van der Waals surface area contributed by atoms with Crippen LogP contribution in [0.15, 0.2) is 23.2 Å². The van der Waals surface area contributed by atoms with Crippen LogP contribution in [0.5, 0.6) is 5.75 Å². The molecule has 0 aliphatic carbocycles. The number of aliphatic imine (C=N–C) groups is 1. The third kappa shape index (κ3) is 2.81. The lowest BCUT2D eigenvalue weighted by Crippen LogP contribution is -2.11. The molecule has 0 aromatic heterocycles. The molecule has 0 saturated carbocycles. The predicted molar refractivity (Wildman–Crippen MR) is 59.2 cm³/mol. The molecule has 0 fully saturated rings. The van der Waals surface area contributed by atoms with Crippen molar-refractivity contribution in [3.8, 4) is 5.75 Å². The average Bonchev–Trinajstić information content (AvgIpc) is 2.21. The molecule has 1 aromatic rings. The normalized spacial score (nSPS) is 13.8. The summed E-state index contributed by atoms with van der Waals surface area (Å²) in [6, 6.07) is 4.39. The molecule has 1 rings (SSSR count). The molecule has 16 heavy (non-hydrogen) atoms. The van der Waals surface area contributed by atoms with Crippen LogP contribution < -0.4 is 4.74 Å². The molecule has 3 nitrogen and oxygen atoms in total. The Balaban J connectivity index is 3.10. The molecule has 0 heterocycles. The van der Waals surface area contributed by atoms with Crippen LogP contribution in [0, 0.1) is 0 Å². The third-order valence-corrected chi connectivity index (χ3v) is 2.31. The van der Waals surface area contributed by atoms with Crippen molar-refractivity contribution in [3.05, 3.63) is 28.8 Å². The molecule has 0 bridgehead atoms. The van der Waals surface area contributed by atoms with E-state index in [1.807, 2.05) is 6.92 Å². The lowest BCUT2D eigenvalue weighted by atomic mass is 10.1. The zero-order valence-corrected chi connectivity index (χ0v) is 9.71. The lowest BCUT2D eigenvalue weighted by molar-refractivity contribution is 0.206. The summed E-state index contributed by atoms with van der Waals surface area (Å²) in [7, 11) is 0. The Morgan fingerprint density at radius 3 is 2.81 bits per heavy atom. The van der Waals surface area contributed by atoms with Crippen molar-refractivity contribution >= 4 is 17.7 Å². The summed E-state index contributed by atoms with van der Waals surface area (Å²) < 4.78 is 19.0. The van der Waals surface area contributed by atoms with Gasteiger partial charge in [0.15, 0.2) is 0 Å². The highest BCUT2D eigenvalue weighted by Gasteiger charge is 2.25. The fourth-order valence-corrected chi connectivity index (χ4v) is 1.44. The molecular weight excluding hydrogens is 233 g/mol. The van der Waals surface area contributed by atoms with Crippen LogP contribution in [0.3, 0.4) is 0 Å². The number of isocyanates is 1. The first kappa shape index (κ1) is 12.7. The first-order valence-corrected chi connectivity index (χ1v) is 5.10. The van der Waals surface area contributed by atoms with Crippen molar-refractivity contribution in [2.24, 2.45) is 4.99 Å². The standard InChI is InChI=1S/C11H11ClFNO2/c1-3-16-10-5-4-8(6-9(10)12)11(2,13)14-7-15/h4-6H,3H2,1-2H3. The van der Waals surface area contributed by atoms with Gasteiger partial charge >= 0.3 is 0 Å². The Bertz CT molecular complexity index is 428. The number of ether oxygens (including phenoxy) is 1. The highest BCUT2D eigenvalue weighted by atomic mass is 35.5. The summed E-state index contributed by atoms with van der Waals surface area (Å²) in [6.07, 6.45) is 1.19. The molecule has 0 amide bonds. The second kappa shape index (κ2) is 5.10. The Labute approximate surface area is 97.9 Å². The summed E-state index contributed by atoms with van der Waals surface area (Å²) in [5, 5.41) is 0.282. The molecule has 0 radical (unpaired) electrons. The van der Waals surface area contributed by atoms with Crippen LogP contribution >= 0.6 is 11.6 Å². The van der Waals surface area contributed by atoms with Gasteiger partial charge in [-0.3, -0.25) is 0 Å². The largest absolute Gasteiger partial charge is 0.492 e. The van der Waals surface area contributed by atoms with Gasteiger partial charge in [-0.2, -0.15) is 4.99 Å². The summed E-state index contributed by atoms with van der Waals surface area (Å²) in [6.45, 7) is 3.45. The van der Waals surface area contributed by atoms with Gasteiger partial charge in [0.05, 0.1) is 11.6 Å². The molecule has 0 aliphatic rings. The van der Waals surface area contributed by atoms with E-state index in [1.54, 1.807) is 6.07 Å². The Hall–Kier alpha value is -1.38. The van der Waals surface area contributed by atoms with Gasteiger partial charge < -0.3 is 4.74 Å². The van der Waals surface area contributed by atoms with Gasteiger partial charge in [-0.25, -0.2) is 9.18 Å². The molecule has 0 N–H and O–H groups in total. The van der Waals surface area contributed by atoms with Crippen LogP contribution in [0.4, 0.5) is 4.39 Å². The molecule has 1 atom stereocenters. The van der Waals surface area contributed by atoms with Gasteiger partial charge in [0.25, 0.3) is 0 Å². The van der Waals surface area contributed by atoms with Crippen molar-refractivity contribution in [2.45, 2.75) is 19.6 Å². The second-order valence-corrected chi connectivity index (χ2v) is 3.64. The Morgan fingerprint density at radius 1 is 1.62 bits per heavy atom. The first-order valence-electron chi connectivity index (χ1n) is 4.72. The average molecular weight is 244 g/mol. The maximum Gasteiger partial charge on any atom is 0.238 e. The topological polar surface area (TPSA) is 38.7 Å². The van der Waals surface area contributed by atoms with Gasteiger partial charge in [-0.15, -0.1) is 0 Å². The number of hydrogen-bond donors (Lipinski definition) is 0. The highest BCUT2D eigenvalue weighted by molar-refractivity contribution is 6.32. The molecule has 1 aromatic carbocycles. The maximum atomic E-state index is 13.8. The lowest BCUT2D eigenvalue weighted by Gasteiger charge is -2.15. The number of alkyl halides is 1. The van der Waals surface area contributed by atoms with E-state index in [1.165, 1.54) is 18.2 Å². The number of hydrogen-bond acceptors (Lipinski definition) is 3. The maximum absolute atomic E-state index is 13.8. The molecule has 0 aliphatic heterocycles. The van der Waals surface area contributed by atoms with Crippen molar-refractivity contribution in [1.82, 2.24) is 0 Å². The molecule has 0 saturated heterocycles. The van der Waals surface area contributed by atoms with Crippen LogP contribution in [-0.4, -0.2) is 12.7 Å². The quantitative estimate of drug-likeness (QED) is 0.463. The summed E-state index contributed by atoms with van der Waals surface area (Å²) in [5.74, 6) is -1.64. The molecule has 5 heteroatoms. The first-order chi connectivity index (χ1) is 7.51. The van der Waals surface area contributed by atoms with Crippen molar-refractivity contribution in [1.29, 1.82) is 0 Å². The summed E-state index contributed by atoms with van der Waals surface area (Å²) in [4.78, 5) is 13.1. The van der Waals surface area contributed by atoms with E-state index in [0.717, 1.165) is 6.92 Å². The minimum atomic E-state index is -2.11. The zero-order chi connectivity index (χ0) is 12.2. The monoisotopic (exact) mass is 243 g/mol. The van der Waals surface area contributed by atoms with E-state index in [2.05, 4.69) is 4.99 Å². The minimum absolute atomic E-state index is 0.185. The van der Waals surface area contributed by atoms with E-state index in [-0.39, 0.29) is 10.6 Å². The Kier molecular flexibility index (Phi) is 4.05. The molecule has 1 unspecified atom stereocenters. The van der Waals surface area contributed by atoms with Crippen molar-refractivity contribution in [2.75, 3.05) is 6.61 Å². The van der Waals surface area contributed by atoms with Gasteiger partial charge in [0.2, 0.25) is 11.9 Å². The zero-order valence-electron chi connectivity index (χ0n) is 8.96. The smallest absolute Gasteiger partial charge is 0.238 e. The minimum Gasteiger partial charge on any atom is -0.492 e. The molecular formula is C11H11ClFNO2. The van der Waals surface area contributed by atoms with Gasteiger partial charge in [0.1, 0.15) is 5.75 Å².